The second kappa shape index (κ2) is 52.1. The van der Waals surface area contributed by atoms with E-state index >= 15 is 0 Å². The van der Waals surface area contributed by atoms with Crippen molar-refractivity contribution in [3.8, 4) is 0 Å². The summed E-state index contributed by atoms with van der Waals surface area (Å²) >= 11 is 0. The molecule has 0 saturated heterocycles. The standard InChI is InChI=1S/C61H115N2O6P/c1-6-8-10-12-14-16-18-20-22-24-26-28-29-30-31-32-33-35-37-39-41-43-45-47-49-51-53-55-61(65)62-59(58-69-70(66,67)68-57-56-63(3,4)5)60(64)54-52-50-48-46-44-42-40-38-36-34-27-25-23-21-19-17-15-13-11-9-7-2/h8,10,14,16,20,22,26,28,52,54,59-60,64H,6-7,9,11-13,15,17-19,21,23-25,27,29-51,53,55-58H2,1-5H3,(H-,62,65,66,67)/b10-8-,16-14-,22-20-,28-26-,54-52+. The van der Waals surface area contributed by atoms with Gasteiger partial charge in [0.05, 0.1) is 39.9 Å². The summed E-state index contributed by atoms with van der Waals surface area (Å²) in [5.41, 5.74) is 0. The largest absolute Gasteiger partial charge is 0.756 e. The molecule has 70 heavy (non-hydrogen) atoms. The molecule has 0 fully saturated rings. The first-order chi connectivity index (χ1) is 34.0. The van der Waals surface area contributed by atoms with Crippen LogP contribution in [0.25, 0.3) is 0 Å². The van der Waals surface area contributed by atoms with Crippen molar-refractivity contribution in [2.45, 2.75) is 283 Å². The molecular formula is C61H115N2O6P. The molecule has 0 aliphatic carbocycles. The van der Waals surface area contributed by atoms with E-state index in [1.807, 2.05) is 27.2 Å². The van der Waals surface area contributed by atoms with E-state index in [-0.39, 0.29) is 19.1 Å². The predicted molar refractivity (Wildman–Crippen MR) is 302 cm³/mol. The van der Waals surface area contributed by atoms with Crippen LogP contribution < -0.4 is 10.2 Å². The zero-order valence-electron chi connectivity index (χ0n) is 46.7. The molecule has 0 aliphatic heterocycles. The molecule has 0 aromatic carbocycles. The van der Waals surface area contributed by atoms with Gasteiger partial charge in [-0.2, -0.15) is 0 Å². The molecule has 2 N–H and O–H groups in total. The molecule has 410 valence electrons. The molecule has 3 atom stereocenters. The highest BCUT2D eigenvalue weighted by Gasteiger charge is 2.23. The Morgan fingerprint density at radius 2 is 0.871 bits per heavy atom. The number of nitrogens with one attached hydrogen (secondary N) is 1. The van der Waals surface area contributed by atoms with Gasteiger partial charge in [-0.1, -0.05) is 267 Å². The third-order valence-corrected chi connectivity index (χ3v) is 14.2. The lowest BCUT2D eigenvalue weighted by molar-refractivity contribution is -0.870. The third-order valence-electron chi connectivity index (χ3n) is 13.2. The number of aliphatic hydroxyl groups is 1. The molecule has 0 aliphatic rings. The van der Waals surface area contributed by atoms with Gasteiger partial charge in [0.2, 0.25) is 5.91 Å². The van der Waals surface area contributed by atoms with Crippen molar-refractivity contribution in [3.05, 3.63) is 60.8 Å². The number of carbonyl (C=O) groups excluding carboxylic acids is 1. The van der Waals surface area contributed by atoms with Crippen LogP contribution in [0, 0.1) is 0 Å². The van der Waals surface area contributed by atoms with Crippen LogP contribution in [-0.2, 0) is 18.4 Å². The van der Waals surface area contributed by atoms with Gasteiger partial charge in [-0.15, -0.1) is 0 Å². The van der Waals surface area contributed by atoms with Crippen molar-refractivity contribution in [2.24, 2.45) is 0 Å². The number of quaternary nitrogens is 1. The summed E-state index contributed by atoms with van der Waals surface area (Å²) in [6.45, 7) is 4.56. The van der Waals surface area contributed by atoms with Crippen molar-refractivity contribution < 1.29 is 32.9 Å². The molecule has 0 bridgehead atoms. The molecule has 0 heterocycles. The van der Waals surface area contributed by atoms with E-state index in [1.54, 1.807) is 6.08 Å². The number of likely N-dealkylation sites (N-methyl/N-ethyl adjacent to an activating group) is 1. The summed E-state index contributed by atoms with van der Waals surface area (Å²) in [4.78, 5) is 25.5. The maximum atomic E-state index is 13.0. The van der Waals surface area contributed by atoms with E-state index in [9.17, 15) is 19.4 Å². The maximum absolute atomic E-state index is 13.0. The average molecular weight is 1000 g/mol. The first-order valence-corrected chi connectivity index (χ1v) is 31.1. The average Bonchev–Trinajstić information content (AvgIpc) is 3.32. The fraction of sp³-hybridized carbons (Fsp3) is 0.820. The lowest BCUT2D eigenvalue weighted by Gasteiger charge is -2.29. The fourth-order valence-electron chi connectivity index (χ4n) is 8.62. The van der Waals surface area contributed by atoms with Gasteiger partial charge in [0.25, 0.3) is 7.82 Å². The summed E-state index contributed by atoms with van der Waals surface area (Å²) in [5, 5.41) is 13.9. The van der Waals surface area contributed by atoms with Gasteiger partial charge in [0, 0.05) is 6.42 Å². The van der Waals surface area contributed by atoms with E-state index in [0.717, 1.165) is 64.2 Å². The quantitative estimate of drug-likeness (QED) is 0.0272. The lowest BCUT2D eigenvalue weighted by atomic mass is 10.0. The number of carbonyl (C=O) groups is 1. The number of nitrogens with zero attached hydrogens (tertiary/aromatic N) is 1. The monoisotopic (exact) mass is 1000 g/mol. The van der Waals surface area contributed by atoms with Crippen LogP contribution in [-0.4, -0.2) is 68.5 Å². The highest BCUT2D eigenvalue weighted by atomic mass is 31.2. The van der Waals surface area contributed by atoms with Crippen LogP contribution in [0.3, 0.4) is 0 Å². The number of hydrogen-bond donors (Lipinski definition) is 2. The number of rotatable bonds is 54. The first kappa shape index (κ1) is 68.2. The Morgan fingerprint density at radius 1 is 0.514 bits per heavy atom. The van der Waals surface area contributed by atoms with Gasteiger partial charge in [-0.3, -0.25) is 9.36 Å². The number of phosphoric acid groups is 1. The van der Waals surface area contributed by atoms with Crippen LogP contribution in [0.5, 0.6) is 0 Å². The number of unbranched alkanes of at least 4 members (excludes halogenated alkanes) is 33. The Balaban J connectivity index is 4.18. The zero-order chi connectivity index (χ0) is 51.3. The molecule has 0 radical (unpaired) electrons. The lowest BCUT2D eigenvalue weighted by Crippen LogP contribution is -2.45. The number of amides is 1. The summed E-state index contributed by atoms with van der Waals surface area (Å²) < 4.78 is 23.4. The van der Waals surface area contributed by atoms with Crippen LogP contribution >= 0.6 is 7.82 Å². The van der Waals surface area contributed by atoms with E-state index in [0.29, 0.717) is 17.4 Å². The van der Waals surface area contributed by atoms with Crippen LogP contribution in [0.1, 0.15) is 271 Å². The van der Waals surface area contributed by atoms with Gasteiger partial charge in [-0.05, 0) is 57.8 Å². The minimum absolute atomic E-state index is 0.00181. The van der Waals surface area contributed by atoms with Gasteiger partial charge in [-0.25, -0.2) is 0 Å². The second-order valence-corrected chi connectivity index (χ2v) is 22.7. The van der Waals surface area contributed by atoms with E-state index in [1.165, 1.54) is 186 Å². The summed E-state index contributed by atoms with van der Waals surface area (Å²) in [6.07, 6.45) is 70.1. The van der Waals surface area contributed by atoms with Crippen molar-refractivity contribution >= 4 is 13.7 Å². The predicted octanol–water partition coefficient (Wildman–Crippen LogP) is 17.5. The SMILES string of the molecule is CC/C=C\C/C=C\C/C=C\C/C=C\CCCCCCCCCCCCCCCCC(=O)NC(COP(=O)([O-])OCC[N+](C)(C)C)C(O)/C=C/CCCCCCCCCCCCCCCCCCCCC. The minimum atomic E-state index is -4.60. The number of hydrogen-bond acceptors (Lipinski definition) is 6. The molecular weight excluding hydrogens is 888 g/mol. The minimum Gasteiger partial charge on any atom is -0.756 e. The Bertz CT molecular complexity index is 1320. The molecule has 0 rings (SSSR count). The molecule has 0 aromatic heterocycles. The van der Waals surface area contributed by atoms with Crippen molar-refractivity contribution in [1.29, 1.82) is 0 Å². The van der Waals surface area contributed by atoms with Crippen molar-refractivity contribution in [2.75, 3.05) is 40.9 Å². The smallest absolute Gasteiger partial charge is 0.268 e. The van der Waals surface area contributed by atoms with Crippen LogP contribution in [0.4, 0.5) is 0 Å². The first-order valence-electron chi connectivity index (χ1n) is 29.7. The molecule has 0 saturated carbocycles. The molecule has 8 nitrogen and oxygen atoms in total. The van der Waals surface area contributed by atoms with E-state index in [2.05, 4.69) is 67.8 Å². The molecule has 3 unspecified atom stereocenters. The highest BCUT2D eigenvalue weighted by molar-refractivity contribution is 7.45. The van der Waals surface area contributed by atoms with Gasteiger partial charge < -0.3 is 28.8 Å². The zero-order valence-corrected chi connectivity index (χ0v) is 47.6. The number of aliphatic hydroxyl groups excluding tert-OH is 1. The molecule has 0 aromatic rings. The maximum Gasteiger partial charge on any atom is 0.268 e. The Kier molecular flexibility index (Phi) is 50.7. The summed E-state index contributed by atoms with van der Waals surface area (Å²) in [5.74, 6) is -0.197. The van der Waals surface area contributed by atoms with Gasteiger partial charge in [0.1, 0.15) is 13.2 Å². The van der Waals surface area contributed by atoms with Crippen LogP contribution in [0.15, 0.2) is 60.8 Å². The molecule has 0 spiro atoms. The van der Waals surface area contributed by atoms with Gasteiger partial charge >= 0.3 is 0 Å². The van der Waals surface area contributed by atoms with E-state index < -0.39 is 20.0 Å². The normalized spacial score (nSPS) is 14.3. The Hall–Kier alpha value is -1.80. The van der Waals surface area contributed by atoms with Crippen molar-refractivity contribution in [1.82, 2.24) is 5.32 Å². The highest BCUT2D eigenvalue weighted by Crippen LogP contribution is 2.38. The van der Waals surface area contributed by atoms with Crippen LogP contribution in [0.2, 0.25) is 0 Å². The van der Waals surface area contributed by atoms with Crippen molar-refractivity contribution in [3.63, 3.8) is 0 Å². The fourth-order valence-corrected chi connectivity index (χ4v) is 9.34. The Morgan fingerprint density at radius 3 is 1.27 bits per heavy atom. The number of phosphoric ester groups is 1. The summed E-state index contributed by atoms with van der Waals surface area (Å²) in [6, 6.07) is -0.889. The van der Waals surface area contributed by atoms with E-state index in [4.69, 9.17) is 9.05 Å². The Labute approximate surface area is 434 Å². The topological polar surface area (TPSA) is 108 Å². The summed E-state index contributed by atoms with van der Waals surface area (Å²) in [7, 11) is 1.26. The molecule has 9 heteroatoms. The number of allylic oxidation sites excluding steroid dienone is 9. The second-order valence-electron chi connectivity index (χ2n) is 21.3. The third kappa shape index (κ3) is 54.0. The van der Waals surface area contributed by atoms with Gasteiger partial charge in [0.15, 0.2) is 0 Å². The molecule has 1 amide bonds.